The number of fused-ring (bicyclic) bond motifs is 1. The normalized spacial score (nSPS) is 26.7. The van der Waals surface area contributed by atoms with Crippen LogP contribution in [0.15, 0.2) is 23.1 Å². The highest BCUT2D eigenvalue weighted by atomic mass is 32.2. The number of carbonyl (C=O) groups is 1. The second kappa shape index (κ2) is 4.98. The van der Waals surface area contributed by atoms with Crippen molar-refractivity contribution in [3.63, 3.8) is 0 Å². The number of benzene rings is 1. The standard InChI is InChI=1S/C16H19NO4S/c18-16(13-9-12(13)10-6-7-10)17-22(19,20)14-5-1-3-11-4-2-8-21-15(11)14/h1,3,5,10,12-13H,2,4,6-9H2,(H,17,18)/t12-,13+/m0/s1. The van der Waals surface area contributed by atoms with Gasteiger partial charge in [0.05, 0.1) is 6.61 Å². The van der Waals surface area contributed by atoms with Gasteiger partial charge in [0.1, 0.15) is 10.6 Å². The number of amides is 1. The number of para-hydroxylation sites is 1. The molecule has 2 aliphatic carbocycles. The molecule has 2 atom stereocenters. The number of hydrogen-bond acceptors (Lipinski definition) is 4. The highest BCUT2D eigenvalue weighted by Crippen LogP contribution is 2.54. The highest BCUT2D eigenvalue weighted by Gasteiger charge is 2.51. The van der Waals surface area contributed by atoms with Crippen LogP contribution >= 0.6 is 0 Å². The molecule has 3 aliphatic rings. The van der Waals surface area contributed by atoms with Gasteiger partial charge < -0.3 is 4.74 Å². The molecule has 2 saturated carbocycles. The Morgan fingerprint density at radius 1 is 1.27 bits per heavy atom. The maximum absolute atomic E-state index is 12.5. The van der Waals surface area contributed by atoms with E-state index in [1.165, 1.54) is 18.9 Å². The summed E-state index contributed by atoms with van der Waals surface area (Å²) in [5.74, 6) is 0.971. The first-order valence-electron chi connectivity index (χ1n) is 7.87. The summed E-state index contributed by atoms with van der Waals surface area (Å²) in [5, 5.41) is 0. The van der Waals surface area contributed by atoms with Crippen LogP contribution < -0.4 is 9.46 Å². The summed E-state index contributed by atoms with van der Waals surface area (Å²) in [5.41, 5.74) is 0.892. The lowest BCUT2D eigenvalue weighted by Crippen LogP contribution is -2.33. The lowest BCUT2D eigenvalue weighted by Gasteiger charge is -2.20. The van der Waals surface area contributed by atoms with Crippen molar-refractivity contribution in [3.8, 4) is 5.75 Å². The Morgan fingerprint density at radius 3 is 2.86 bits per heavy atom. The molecule has 6 heteroatoms. The van der Waals surface area contributed by atoms with Gasteiger partial charge in [0.2, 0.25) is 5.91 Å². The topological polar surface area (TPSA) is 72.5 Å². The molecule has 5 nitrogen and oxygen atoms in total. The van der Waals surface area contributed by atoms with E-state index < -0.39 is 10.0 Å². The van der Waals surface area contributed by atoms with Crippen molar-refractivity contribution in [1.29, 1.82) is 0 Å². The zero-order valence-electron chi connectivity index (χ0n) is 12.2. The Hall–Kier alpha value is -1.56. The summed E-state index contributed by atoms with van der Waals surface area (Å²) >= 11 is 0. The van der Waals surface area contributed by atoms with Crippen LogP contribution in [0.1, 0.15) is 31.2 Å². The summed E-state index contributed by atoms with van der Waals surface area (Å²) in [7, 11) is -3.86. The van der Waals surface area contributed by atoms with Crippen molar-refractivity contribution >= 4 is 15.9 Å². The van der Waals surface area contributed by atoms with Crippen LogP contribution in [-0.4, -0.2) is 20.9 Å². The molecule has 2 fully saturated rings. The van der Waals surface area contributed by atoms with Gasteiger partial charge in [-0.05, 0) is 55.6 Å². The van der Waals surface area contributed by atoms with Gasteiger partial charge in [-0.2, -0.15) is 0 Å². The lowest BCUT2D eigenvalue weighted by molar-refractivity contribution is -0.120. The molecule has 1 heterocycles. The van der Waals surface area contributed by atoms with Crippen LogP contribution in [0.2, 0.25) is 0 Å². The van der Waals surface area contributed by atoms with Gasteiger partial charge in [0.15, 0.2) is 0 Å². The van der Waals surface area contributed by atoms with Crippen molar-refractivity contribution in [2.45, 2.75) is 37.0 Å². The SMILES string of the molecule is O=C(NS(=O)(=O)c1cccc2c1OCCC2)[C@@H]1C[C@H]1C1CC1. The van der Waals surface area contributed by atoms with Gasteiger partial charge >= 0.3 is 0 Å². The van der Waals surface area contributed by atoms with Crippen molar-refractivity contribution in [2.24, 2.45) is 17.8 Å². The molecule has 1 N–H and O–H groups in total. The van der Waals surface area contributed by atoms with Crippen molar-refractivity contribution in [3.05, 3.63) is 23.8 Å². The Kier molecular flexibility index (Phi) is 3.18. The Morgan fingerprint density at radius 2 is 2.09 bits per heavy atom. The zero-order chi connectivity index (χ0) is 15.3. The van der Waals surface area contributed by atoms with Gasteiger partial charge in [-0.1, -0.05) is 12.1 Å². The number of rotatable bonds is 4. The third kappa shape index (κ3) is 2.49. The van der Waals surface area contributed by atoms with Crippen LogP contribution in [0, 0.1) is 17.8 Å². The van der Waals surface area contributed by atoms with Crippen LogP contribution in [0.4, 0.5) is 0 Å². The number of carbonyl (C=O) groups excluding carboxylic acids is 1. The summed E-state index contributed by atoms with van der Waals surface area (Å²) in [6.45, 7) is 0.514. The minimum absolute atomic E-state index is 0.0849. The molecule has 0 saturated heterocycles. The van der Waals surface area contributed by atoms with Crippen LogP contribution in [0.3, 0.4) is 0 Å². The summed E-state index contributed by atoms with van der Waals surface area (Å²) in [6, 6.07) is 5.08. The molecule has 1 aromatic rings. The minimum Gasteiger partial charge on any atom is -0.492 e. The Labute approximate surface area is 130 Å². The van der Waals surface area contributed by atoms with Crippen molar-refractivity contribution in [1.82, 2.24) is 4.72 Å². The fourth-order valence-corrected chi connectivity index (χ4v) is 4.61. The van der Waals surface area contributed by atoms with Crippen LogP contribution in [-0.2, 0) is 21.2 Å². The molecule has 1 aromatic carbocycles. The average Bonchev–Trinajstić information content (AvgIpc) is 3.38. The molecule has 22 heavy (non-hydrogen) atoms. The first-order valence-corrected chi connectivity index (χ1v) is 9.36. The molecular formula is C16H19NO4S. The maximum atomic E-state index is 12.5. The van der Waals surface area contributed by atoms with E-state index in [1.54, 1.807) is 6.07 Å². The van der Waals surface area contributed by atoms with E-state index in [4.69, 9.17) is 4.74 Å². The van der Waals surface area contributed by atoms with Crippen molar-refractivity contribution in [2.75, 3.05) is 6.61 Å². The lowest BCUT2D eigenvalue weighted by atomic mass is 10.1. The zero-order valence-corrected chi connectivity index (χ0v) is 13.1. The summed E-state index contributed by atoms with van der Waals surface area (Å²) in [6.07, 6.45) is 4.88. The predicted octanol–water partition coefficient (Wildman–Crippen LogP) is 1.86. The molecular weight excluding hydrogens is 302 g/mol. The number of sulfonamides is 1. The minimum atomic E-state index is -3.86. The fraction of sp³-hybridized carbons (Fsp3) is 0.562. The molecule has 0 aromatic heterocycles. The second-order valence-corrected chi connectivity index (χ2v) is 8.16. The van der Waals surface area contributed by atoms with Crippen molar-refractivity contribution < 1.29 is 17.9 Å². The average molecular weight is 321 g/mol. The molecule has 4 rings (SSSR count). The molecule has 1 aliphatic heterocycles. The van der Waals surface area contributed by atoms with Gasteiger partial charge in [0.25, 0.3) is 10.0 Å². The number of hydrogen-bond donors (Lipinski definition) is 1. The number of aryl methyl sites for hydroxylation is 1. The quantitative estimate of drug-likeness (QED) is 0.919. The van der Waals surface area contributed by atoms with E-state index in [2.05, 4.69) is 4.72 Å². The van der Waals surface area contributed by atoms with E-state index in [-0.39, 0.29) is 16.7 Å². The highest BCUT2D eigenvalue weighted by molar-refractivity contribution is 7.90. The van der Waals surface area contributed by atoms with E-state index in [0.29, 0.717) is 24.2 Å². The molecule has 118 valence electrons. The maximum Gasteiger partial charge on any atom is 0.267 e. The summed E-state index contributed by atoms with van der Waals surface area (Å²) < 4.78 is 32.8. The molecule has 1 amide bonds. The smallest absolute Gasteiger partial charge is 0.267 e. The van der Waals surface area contributed by atoms with Crippen LogP contribution in [0.25, 0.3) is 0 Å². The Balaban J connectivity index is 1.55. The Bertz CT molecular complexity index is 724. The predicted molar refractivity (Wildman–Crippen MR) is 79.9 cm³/mol. The fourth-order valence-electron chi connectivity index (χ4n) is 3.40. The molecule has 0 radical (unpaired) electrons. The third-order valence-corrected chi connectivity index (χ3v) is 6.20. The molecule has 0 unspecified atom stereocenters. The van der Waals surface area contributed by atoms with E-state index >= 15 is 0 Å². The third-order valence-electron chi connectivity index (χ3n) is 4.83. The summed E-state index contributed by atoms with van der Waals surface area (Å²) in [4.78, 5) is 12.3. The van der Waals surface area contributed by atoms with Gasteiger partial charge in [0, 0.05) is 5.92 Å². The largest absolute Gasteiger partial charge is 0.492 e. The van der Waals surface area contributed by atoms with Gasteiger partial charge in [-0.25, -0.2) is 13.1 Å². The van der Waals surface area contributed by atoms with E-state index in [0.717, 1.165) is 24.8 Å². The first kappa shape index (κ1) is 14.1. The van der Waals surface area contributed by atoms with E-state index in [1.807, 2.05) is 6.07 Å². The van der Waals surface area contributed by atoms with Gasteiger partial charge in [-0.15, -0.1) is 0 Å². The first-order chi connectivity index (χ1) is 10.6. The number of ether oxygens (including phenoxy) is 1. The molecule has 0 bridgehead atoms. The van der Waals surface area contributed by atoms with Crippen LogP contribution in [0.5, 0.6) is 5.75 Å². The monoisotopic (exact) mass is 321 g/mol. The second-order valence-electron chi connectivity index (χ2n) is 6.51. The van der Waals surface area contributed by atoms with Gasteiger partial charge in [-0.3, -0.25) is 4.79 Å². The van der Waals surface area contributed by atoms with E-state index in [9.17, 15) is 13.2 Å². The number of nitrogens with one attached hydrogen (secondary N) is 1. The molecule has 0 spiro atoms.